The average molecular weight is 548 g/mol. The Bertz CT molecular complexity index is 1190. The van der Waals surface area contributed by atoms with Gasteiger partial charge in [-0.15, -0.1) is 0 Å². The summed E-state index contributed by atoms with van der Waals surface area (Å²) in [5, 5.41) is 3.72. The van der Waals surface area contributed by atoms with Gasteiger partial charge >= 0.3 is 0 Å². The van der Waals surface area contributed by atoms with Crippen molar-refractivity contribution in [3.8, 4) is 0 Å². The second-order valence-corrected chi connectivity index (χ2v) is 12.3. The van der Waals surface area contributed by atoms with Crippen LogP contribution in [0.3, 0.4) is 0 Å². The van der Waals surface area contributed by atoms with Gasteiger partial charge in [-0.1, -0.05) is 67.6 Å². The van der Waals surface area contributed by atoms with Crippen LogP contribution in [0.5, 0.6) is 0 Å². The second kappa shape index (κ2) is 12.8. The molecule has 202 valence electrons. The molecule has 0 bridgehead atoms. The van der Waals surface area contributed by atoms with Gasteiger partial charge in [0.05, 0.1) is 11.9 Å². The minimum absolute atomic E-state index is 0.102. The fourth-order valence-corrected chi connectivity index (χ4v) is 5.96. The smallest absolute Gasteiger partial charge is 0.244 e. The van der Waals surface area contributed by atoms with E-state index in [2.05, 4.69) is 5.32 Å². The molecule has 1 N–H and O–H groups in total. The van der Waals surface area contributed by atoms with Crippen molar-refractivity contribution < 1.29 is 18.0 Å². The molecular formula is C28H38ClN3O4S. The minimum Gasteiger partial charge on any atom is -0.352 e. The number of nitrogens with one attached hydrogen (secondary N) is 1. The van der Waals surface area contributed by atoms with Crippen LogP contribution in [0, 0.1) is 13.8 Å². The average Bonchev–Trinajstić information content (AvgIpc) is 2.84. The third-order valence-electron chi connectivity index (χ3n) is 6.90. The third-order valence-corrected chi connectivity index (χ3v) is 8.28. The van der Waals surface area contributed by atoms with E-state index in [4.69, 9.17) is 11.6 Å². The van der Waals surface area contributed by atoms with Crippen LogP contribution in [-0.2, 0) is 26.2 Å². The Morgan fingerprint density at radius 3 is 2.27 bits per heavy atom. The van der Waals surface area contributed by atoms with Crippen LogP contribution >= 0.6 is 11.6 Å². The SMILES string of the molecule is CCC(C(=O)NC1CCCCC1)N(Cc1ccc(Cl)cc1)C(=O)CN(c1ccc(C)cc1C)S(C)(=O)=O. The molecular weight excluding hydrogens is 510 g/mol. The van der Waals surface area contributed by atoms with Gasteiger partial charge in [0.25, 0.3) is 0 Å². The number of sulfonamides is 1. The van der Waals surface area contributed by atoms with Gasteiger partial charge in [0.1, 0.15) is 12.6 Å². The maximum atomic E-state index is 13.8. The quantitative estimate of drug-likeness (QED) is 0.454. The first-order valence-electron chi connectivity index (χ1n) is 12.9. The molecule has 1 unspecified atom stereocenters. The molecule has 7 nitrogen and oxygen atoms in total. The largest absolute Gasteiger partial charge is 0.352 e. The van der Waals surface area contributed by atoms with Gasteiger partial charge < -0.3 is 10.2 Å². The maximum Gasteiger partial charge on any atom is 0.244 e. The lowest BCUT2D eigenvalue weighted by Gasteiger charge is -2.34. The number of aryl methyl sites for hydroxylation is 2. The molecule has 0 radical (unpaired) electrons. The van der Waals surface area contributed by atoms with E-state index in [1.807, 2.05) is 45.0 Å². The molecule has 2 aromatic carbocycles. The molecule has 2 amide bonds. The molecule has 2 aromatic rings. The highest BCUT2D eigenvalue weighted by molar-refractivity contribution is 7.92. The normalized spacial score (nSPS) is 15.2. The lowest BCUT2D eigenvalue weighted by Crippen LogP contribution is -2.54. The second-order valence-electron chi connectivity index (χ2n) is 9.98. The van der Waals surface area contributed by atoms with Crippen molar-refractivity contribution >= 4 is 39.1 Å². The summed E-state index contributed by atoms with van der Waals surface area (Å²) in [7, 11) is -3.77. The zero-order valence-corrected chi connectivity index (χ0v) is 23.7. The first-order chi connectivity index (χ1) is 17.5. The summed E-state index contributed by atoms with van der Waals surface area (Å²) in [6, 6.07) is 11.9. The molecule has 1 aliphatic rings. The summed E-state index contributed by atoms with van der Waals surface area (Å²) >= 11 is 6.05. The van der Waals surface area contributed by atoms with E-state index >= 15 is 0 Å². The van der Waals surface area contributed by atoms with Gasteiger partial charge in [0.15, 0.2) is 0 Å². The standard InChI is InChI=1S/C28H38ClN3O4S/c1-5-25(28(34)30-24-9-7-6-8-10-24)31(18-22-12-14-23(29)15-13-22)27(33)19-32(37(4,35)36)26-16-11-20(2)17-21(26)3/h11-17,24-25H,5-10,18-19H2,1-4H3,(H,30,34). The van der Waals surface area contributed by atoms with Gasteiger partial charge in [0.2, 0.25) is 21.8 Å². The minimum atomic E-state index is -3.77. The van der Waals surface area contributed by atoms with Crippen LogP contribution in [0.2, 0.25) is 5.02 Å². The van der Waals surface area contributed by atoms with Crippen molar-refractivity contribution in [2.45, 2.75) is 77.9 Å². The molecule has 0 spiro atoms. The van der Waals surface area contributed by atoms with Crippen LogP contribution in [0.25, 0.3) is 0 Å². The molecule has 1 atom stereocenters. The number of benzene rings is 2. The van der Waals surface area contributed by atoms with Crippen molar-refractivity contribution in [2.24, 2.45) is 0 Å². The number of nitrogens with zero attached hydrogens (tertiary/aromatic N) is 2. The molecule has 9 heteroatoms. The zero-order chi connectivity index (χ0) is 27.2. The van der Waals surface area contributed by atoms with Crippen molar-refractivity contribution in [3.63, 3.8) is 0 Å². The van der Waals surface area contributed by atoms with Crippen LogP contribution in [-0.4, -0.2) is 50.0 Å². The summed E-state index contributed by atoms with van der Waals surface area (Å²) in [5.74, 6) is -0.639. The number of anilines is 1. The fraction of sp³-hybridized carbons (Fsp3) is 0.500. The summed E-state index contributed by atoms with van der Waals surface area (Å²) in [5.41, 5.74) is 3.01. The summed E-state index contributed by atoms with van der Waals surface area (Å²) in [6.45, 7) is 5.38. The van der Waals surface area contributed by atoms with E-state index in [0.717, 1.165) is 52.9 Å². The molecule has 0 saturated heterocycles. The van der Waals surface area contributed by atoms with Crippen molar-refractivity contribution in [2.75, 3.05) is 17.1 Å². The highest BCUT2D eigenvalue weighted by atomic mass is 35.5. The molecule has 1 saturated carbocycles. The highest BCUT2D eigenvalue weighted by Crippen LogP contribution is 2.25. The number of hydrogen-bond acceptors (Lipinski definition) is 4. The summed E-state index contributed by atoms with van der Waals surface area (Å²) < 4.78 is 26.8. The van der Waals surface area contributed by atoms with Gasteiger partial charge in [0, 0.05) is 17.6 Å². The van der Waals surface area contributed by atoms with E-state index < -0.39 is 28.5 Å². The summed E-state index contributed by atoms with van der Waals surface area (Å²) in [4.78, 5) is 28.8. The topological polar surface area (TPSA) is 86.8 Å². The van der Waals surface area contributed by atoms with Gasteiger partial charge in [-0.3, -0.25) is 13.9 Å². The molecule has 0 heterocycles. The van der Waals surface area contributed by atoms with Crippen LogP contribution < -0.4 is 9.62 Å². The van der Waals surface area contributed by atoms with Crippen molar-refractivity contribution in [3.05, 3.63) is 64.2 Å². The molecule has 1 aliphatic carbocycles. The van der Waals surface area contributed by atoms with E-state index in [1.54, 1.807) is 18.2 Å². The van der Waals surface area contributed by atoms with Gasteiger partial charge in [-0.2, -0.15) is 0 Å². The Morgan fingerprint density at radius 2 is 1.70 bits per heavy atom. The van der Waals surface area contributed by atoms with E-state index in [1.165, 1.54) is 11.3 Å². The Kier molecular flexibility index (Phi) is 10.0. The predicted octanol–water partition coefficient (Wildman–Crippen LogP) is 4.98. The highest BCUT2D eigenvalue weighted by Gasteiger charge is 2.33. The summed E-state index contributed by atoms with van der Waals surface area (Å²) in [6.07, 6.45) is 6.69. The number of amides is 2. The van der Waals surface area contributed by atoms with Crippen LogP contribution in [0.15, 0.2) is 42.5 Å². The van der Waals surface area contributed by atoms with E-state index in [9.17, 15) is 18.0 Å². The van der Waals surface area contributed by atoms with Gasteiger partial charge in [-0.25, -0.2) is 8.42 Å². The number of carbonyl (C=O) groups is 2. The fourth-order valence-electron chi connectivity index (χ4n) is 4.93. The Hall–Kier alpha value is -2.58. The molecule has 1 fully saturated rings. The Labute approximate surface area is 226 Å². The van der Waals surface area contributed by atoms with Crippen molar-refractivity contribution in [1.82, 2.24) is 10.2 Å². The monoisotopic (exact) mass is 547 g/mol. The molecule has 3 rings (SSSR count). The maximum absolute atomic E-state index is 13.8. The Balaban J connectivity index is 1.93. The lowest BCUT2D eigenvalue weighted by molar-refractivity contribution is -0.140. The zero-order valence-electron chi connectivity index (χ0n) is 22.2. The molecule has 0 aliphatic heterocycles. The van der Waals surface area contributed by atoms with Crippen LogP contribution in [0.1, 0.15) is 62.1 Å². The number of halogens is 1. The molecule has 37 heavy (non-hydrogen) atoms. The first kappa shape index (κ1) is 29.0. The van der Waals surface area contributed by atoms with Crippen LogP contribution in [0.4, 0.5) is 5.69 Å². The lowest BCUT2D eigenvalue weighted by atomic mass is 9.95. The predicted molar refractivity (Wildman–Crippen MR) is 149 cm³/mol. The third kappa shape index (κ3) is 7.95. The Morgan fingerprint density at radius 1 is 1.05 bits per heavy atom. The number of hydrogen-bond donors (Lipinski definition) is 1. The molecule has 0 aromatic heterocycles. The number of rotatable bonds is 10. The van der Waals surface area contributed by atoms with E-state index in [-0.39, 0.29) is 18.5 Å². The van der Waals surface area contributed by atoms with E-state index in [0.29, 0.717) is 17.1 Å². The first-order valence-corrected chi connectivity index (χ1v) is 15.1. The van der Waals surface area contributed by atoms with Gasteiger partial charge in [-0.05, 0) is 62.4 Å². The number of carbonyl (C=O) groups excluding carboxylic acids is 2. The van der Waals surface area contributed by atoms with Crippen molar-refractivity contribution in [1.29, 1.82) is 0 Å².